The van der Waals surface area contributed by atoms with Gasteiger partial charge >= 0.3 is 6.03 Å². The van der Waals surface area contributed by atoms with Crippen LogP contribution < -0.4 is 10.3 Å². The molecule has 2 N–H and O–H groups in total. The summed E-state index contributed by atoms with van der Waals surface area (Å²) < 4.78 is 31.3. The van der Waals surface area contributed by atoms with Crippen LogP contribution in [0.25, 0.3) is 22.2 Å². The predicted octanol–water partition coefficient (Wildman–Crippen LogP) is 1.72. The molecule has 1 aliphatic heterocycles. The molecular weight excluding hydrogens is 496 g/mol. The van der Waals surface area contributed by atoms with E-state index in [0.29, 0.717) is 22.2 Å². The maximum atomic E-state index is 13.1. The molecule has 1 saturated heterocycles. The number of piperidine rings is 1. The van der Waals surface area contributed by atoms with Crippen LogP contribution in [0.5, 0.6) is 0 Å². The number of aryl methyl sites for hydroxylation is 1. The van der Waals surface area contributed by atoms with Crippen LogP contribution in [0.15, 0.2) is 76.8 Å². The fourth-order valence-electron chi connectivity index (χ4n) is 4.57. The molecule has 0 saturated carbocycles. The number of likely N-dealkylation sites (tertiary alicyclic amines) is 1. The number of carbonyl (C=O) groups excluding carboxylic acids is 1. The first-order valence-electron chi connectivity index (χ1n) is 11.7. The third-order valence-electron chi connectivity index (χ3n) is 6.65. The molecular formula is C25H26N6O5S. The van der Waals surface area contributed by atoms with Crippen LogP contribution in [0.2, 0.25) is 0 Å². The van der Waals surface area contributed by atoms with Gasteiger partial charge in [-0.25, -0.2) is 22.9 Å². The summed E-state index contributed by atoms with van der Waals surface area (Å²) in [5.74, 6) is 0. The molecule has 0 spiro atoms. The molecule has 0 atom stereocenters. The lowest BCUT2D eigenvalue weighted by molar-refractivity contribution is -0.0261. The average molecular weight is 523 g/mol. The fraction of sp³-hybridized carbons (Fsp3) is 0.280. The van der Waals surface area contributed by atoms with E-state index in [2.05, 4.69) is 14.8 Å². The number of aromatic nitrogens is 4. The second kappa shape index (κ2) is 9.45. The minimum absolute atomic E-state index is 0.000679. The van der Waals surface area contributed by atoms with Crippen LogP contribution in [-0.4, -0.2) is 62.5 Å². The highest BCUT2D eigenvalue weighted by Gasteiger charge is 2.36. The van der Waals surface area contributed by atoms with Crippen molar-refractivity contribution in [1.82, 2.24) is 29.0 Å². The Morgan fingerprint density at radius 3 is 2.49 bits per heavy atom. The number of nitrogens with one attached hydrogen (secondary N) is 1. The molecule has 0 unspecified atom stereocenters. The lowest BCUT2D eigenvalue weighted by Gasteiger charge is -2.38. The van der Waals surface area contributed by atoms with Gasteiger partial charge in [0.1, 0.15) is 11.7 Å². The summed E-state index contributed by atoms with van der Waals surface area (Å²) in [7, 11) is -2.47. The Bertz CT molecular complexity index is 1620. The summed E-state index contributed by atoms with van der Waals surface area (Å²) in [5, 5.41) is 15.5. The number of aliphatic hydroxyl groups is 1. The maximum Gasteiger partial charge on any atom is 0.331 e. The van der Waals surface area contributed by atoms with E-state index < -0.39 is 21.7 Å². The summed E-state index contributed by atoms with van der Waals surface area (Å²) in [6.07, 6.45) is 3.14. The Balaban J connectivity index is 1.27. The monoisotopic (exact) mass is 522 g/mol. The smallest absolute Gasteiger partial charge is 0.331 e. The number of carbonyl (C=O) groups is 1. The molecule has 4 aromatic rings. The second-order valence-corrected chi connectivity index (χ2v) is 10.8. The molecule has 12 heteroatoms. The highest BCUT2D eigenvalue weighted by atomic mass is 32.2. The van der Waals surface area contributed by atoms with E-state index in [1.165, 1.54) is 32.7 Å². The zero-order chi connectivity index (χ0) is 26.2. The van der Waals surface area contributed by atoms with E-state index in [0.717, 1.165) is 0 Å². The molecule has 1 aliphatic rings. The van der Waals surface area contributed by atoms with Crippen LogP contribution >= 0.6 is 0 Å². The molecule has 1 fully saturated rings. The number of benzene rings is 2. The van der Waals surface area contributed by atoms with Gasteiger partial charge in [0, 0.05) is 25.7 Å². The predicted molar refractivity (Wildman–Crippen MR) is 136 cm³/mol. The quantitative estimate of drug-likeness (QED) is 0.407. The number of sulfonamides is 1. The van der Waals surface area contributed by atoms with Crippen molar-refractivity contribution in [2.45, 2.75) is 29.9 Å². The molecule has 11 nitrogen and oxygen atoms in total. The summed E-state index contributed by atoms with van der Waals surface area (Å²) >= 11 is 0. The van der Waals surface area contributed by atoms with Crippen molar-refractivity contribution in [2.24, 2.45) is 7.05 Å². The molecule has 2 aromatic carbocycles. The summed E-state index contributed by atoms with van der Waals surface area (Å²) in [6.45, 7) is 0.243. The van der Waals surface area contributed by atoms with Crippen LogP contribution in [0, 0.1) is 0 Å². The standard InChI is InChI=1S/C25H26N6O5S/c1-29-22-20(15-27-29)23(32)31(17-26-22)16-25(34)11-13-30(14-12-25)24(33)28-37(35,36)21-10-6-5-9-19(21)18-7-3-2-4-8-18/h2-10,15,17,34H,11-14,16H2,1H3,(H,28,33). The Labute approximate surface area is 213 Å². The molecule has 192 valence electrons. The number of nitrogens with zero attached hydrogens (tertiary/aromatic N) is 5. The van der Waals surface area contributed by atoms with Crippen LogP contribution in [0.4, 0.5) is 4.79 Å². The fourth-order valence-corrected chi connectivity index (χ4v) is 5.77. The van der Waals surface area contributed by atoms with E-state index >= 15 is 0 Å². The Morgan fingerprint density at radius 2 is 1.76 bits per heavy atom. The Kier molecular flexibility index (Phi) is 6.30. The molecule has 2 aromatic heterocycles. The first-order chi connectivity index (χ1) is 17.7. The first-order valence-corrected chi connectivity index (χ1v) is 13.2. The minimum atomic E-state index is -4.15. The molecule has 3 heterocycles. The maximum absolute atomic E-state index is 13.1. The zero-order valence-corrected chi connectivity index (χ0v) is 20.9. The van der Waals surface area contributed by atoms with Crippen molar-refractivity contribution in [1.29, 1.82) is 0 Å². The Hall–Kier alpha value is -4.03. The van der Waals surface area contributed by atoms with Crippen LogP contribution in [-0.2, 0) is 23.6 Å². The first kappa shape index (κ1) is 24.7. The minimum Gasteiger partial charge on any atom is -0.388 e. The van der Waals surface area contributed by atoms with Crippen molar-refractivity contribution in [3.63, 3.8) is 0 Å². The van der Waals surface area contributed by atoms with Gasteiger partial charge in [0.25, 0.3) is 15.6 Å². The van der Waals surface area contributed by atoms with E-state index in [9.17, 15) is 23.1 Å². The normalized spacial score (nSPS) is 15.6. The summed E-state index contributed by atoms with van der Waals surface area (Å²) in [6, 6.07) is 14.8. The van der Waals surface area contributed by atoms with Crippen molar-refractivity contribution in [2.75, 3.05) is 13.1 Å². The van der Waals surface area contributed by atoms with Gasteiger partial charge < -0.3 is 10.0 Å². The molecule has 37 heavy (non-hydrogen) atoms. The highest BCUT2D eigenvalue weighted by Crippen LogP contribution is 2.28. The van der Waals surface area contributed by atoms with E-state index in [-0.39, 0.29) is 42.9 Å². The van der Waals surface area contributed by atoms with E-state index in [1.54, 1.807) is 37.4 Å². The lowest BCUT2D eigenvalue weighted by atomic mass is 9.91. The summed E-state index contributed by atoms with van der Waals surface area (Å²) in [4.78, 5) is 31.3. The van der Waals surface area contributed by atoms with Gasteiger partial charge in [-0.3, -0.25) is 14.0 Å². The third-order valence-corrected chi connectivity index (χ3v) is 8.03. The summed E-state index contributed by atoms with van der Waals surface area (Å²) in [5.41, 5.74) is 0.0932. The molecule has 0 radical (unpaired) electrons. The number of hydrogen-bond acceptors (Lipinski definition) is 7. The topological polar surface area (TPSA) is 139 Å². The molecule has 0 bridgehead atoms. The number of amides is 2. The van der Waals surface area contributed by atoms with E-state index in [1.807, 2.05) is 18.2 Å². The molecule has 2 amide bonds. The average Bonchev–Trinajstić information content (AvgIpc) is 3.27. The van der Waals surface area contributed by atoms with Crippen molar-refractivity contribution < 1.29 is 18.3 Å². The SMILES string of the molecule is Cn1ncc2c(=O)n(CC3(O)CCN(C(=O)NS(=O)(=O)c4ccccc4-c4ccccc4)CC3)cnc21. The highest BCUT2D eigenvalue weighted by molar-refractivity contribution is 7.90. The number of hydrogen-bond donors (Lipinski definition) is 2. The lowest BCUT2D eigenvalue weighted by Crippen LogP contribution is -2.52. The second-order valence-electron chi connectivity index (χ2n) is 9.17. The molecule has 0 aliphatic carbocycles. The number of rotatable bonds is 5. The Morgan fingerprint density at radius 1 is 1.08 bits per heavy atom. The van der Waals surface area contributed by atoms with Crippen molar-refractivity contribution in [3.8, 4) is 11.1 Å². The van der Waals surface area contributed by atoms with Crippen LogP contribution in [0.3, 0.4) is 0 Å². The van der Waals surface area contributed by atoms with Gasteiger partial charge in [0.05, 0.1) is 23.2 Å². The van der Waals surface area contributed by atoms with Crippen molar-refractivity contribution >= 4 is 27.1 Å². The largest absolute Gasteiger partial charge is 0.388 e. The van der Waals surface area contributed by atoms with Crippen LogP contribution in [0.1, 0.15) is 12.8 Å². The number of fused-ring (bicyclic) bond motifs is 1. The van der Waals surface area contributed by atoms with Gasteiger partial charge in [-0.15, -0.1) is 0 Å². The van der Waals surface area contributed by atoms with Gasteiger partial charge in [0.2, 0.25) is 0 Å². The van der Waals surface area contributed by atoms with E-state index in [4.69, 9.17) is 0 Å². The third kappa shape index (κ3) is 4.85. The van der Waals surface area contributed by atoms with Crippen molar-refractivity contribution in [3.05, 3.63) is 77.5 Å². The van der Waals surface area contributed by atoms with Gasteiger partial charge in [-0.1, -0.05) is 48.5 Å². The number of urea groups is 1. The molecule has 5 rings (SSSR count). The van der Waals surface area contributed by atoms with Gasteiger partial charge in [0.15, 0.2) is 5.65 Å². The van der Waals surface area contributed by atoms with Gasteiger partial charge in [-0.2, -0.15) is 5.10 Å². The zero-order valence-electron chi connectivity index (χ0n) is 20.1. The van der Waals surface area contributed by atoms with Gasteiger partial charge in [-0.05, 0) is 24.5 Å².